The predicted molar refractivity (Wildman–Crippen MR) is 137 cm³/mol. The largest absolute Gasteiger partial charge is 0.493 e. The molecule has 190 valence electrons. The fraction of sp³-hybridized carbons (Fsp3) is 0.423. The molecule has 10 heteroatoms. The summed E-state index contributed by atoms with van der Waals surface area (Å²) in [6.07, 6.45) is 5.87. The molecular formula is C26H29ClFN5O3. The van der Waals surface area contributed by atoms with Crippen molar-refractivity contribution in [3.63, 3.8) is 0 Å². The summed E-state index contributed by atoms with van der Waals surface area (Å²) >= 11 is 5.92. The Kier molecular flexibility index (Phi) is 7.11. The zero-order valence-electron chi connectivity index (χ0n) is 20.2. The van der Waals surface area contributed by atoms with Crippen LogP contribution in [0.2, 0.25) is 5.02 Å². The molecular weight excluding hydrogens is 485 g/mol. The molecule has 0 bridgehead atoms. The Labute approximate surface area is 214 Å². The van der Waals surface area contributed by atoms with Crippen LogP contribution in [-0.4, -0.2) is 59.7 Å². The van der Waals surface area contributed by atoms with E-state index in [1.165, 1.54) is 12.4 Å². The number of carbonyl (C=O) groups is 1. The van der Waals surface area contributed by atoms with Crippen LogP contribution in [0.4, 0.5) is 15.9 Å². The number of nitrogens with one attached hydrogen (secondary N) is 2. The summed E-state index contributed by atoms with van der Waals surface area (Å²) in [5.41, 5.74) is 0.881. The number of ether oxygens (including phenoxy) is 2. The summed E-state index contributed by atoms with van der Waals surface area (Å²) in [7, 11) is 1.58. The second kappa shape index (κ2) is 10.4. The zero-order chi connectivity index (χ0) is 25.1. The highest BCUT2D eigenvalue weighted by atomic mass is 35.5. The number of carbonyl (C=O) groups excluding carboxylic acids is 1. The van der Waals surface area contributed by atoms with Gasteiger partial charge in [-0.25, -0.2) is 14.4 Å². The first-order valence-corrected chi connectivity index (χ1v) is 12.5. The standard InChI is InChI=1S/C26H29ClFN5O3/c1-35-21-15-20-17(25(30-16-29-20)31-19-5-2-4-18(27)24(19)28)14-22(21)36-13-3-10-33-11-8-26(9-12-33)7-6-23(34)32-26/h2,4-5,14-16H,3,6-13H2,1H3,(H,32,34)(H,29,30,31). The van der Waals surface area contributed by atoms with E-state index >= 15 is 0 Å². The Morgan fingerprint density at radius 3 is 2.78 bits per heavy atom. The van der Waals surface area contributed by atoms with E-state index < -0.39 is 5.82 Å². The van der Waals surface area contributed by atoms with Crippen LogP contribution in [0.15, 0.2) is 36.7 Å². The van der Waals surface area contributed by atoms with Crippen LogP contribution in [0.25, 0.3) is 10.9 Å². The van der Waals surface area contributed by atoms with Gasteiger partial charge in [-0.2, -0.15) is 0 Å². The van der Waals surface area contributed by atoms with E-state index in [9.17, 15) is 9.18 Å². The third-order valence-corrected chi connectivity index (χ3v) is 7.34. The van der Waals surface area contributed by atoms with E-state index in [-0.39, 0.29) is 22.2 Å². The SMILES string of the molecule is COc1cc2ncnc(Nc3cccc(Cl)c3F)c2cc1OCCCN1CCC2(CCC(=O)N2)CC1. The third kappa shape index (κ3) is 5.17. The number of likely N-dealkylation sites (tertiary alicyclic amines) is 1. The number of rotatable bonds is 8. The van der Waals surface area contributed by atoms with Crippen LogP contribution >= 0.6 is 11.6 Å². The molecule has 0 aliphatic carbocycles. The van der Waals surface area contributed by atoms with E-state index in [1.807, 2.05) is 6.07 Å². The molecule has 0 unspecified atom stereocenters. The number of amides is 1. The molecule has 1 aromatic heterocycles. The van der Waals surface area contributed by atoms with Crippen LogP contribution in [0.5, 0.6) is 11.5 Å². The van der Waals surface area contributed by atoms with Gasteiger partial charge in [0, 0.05) is 43.0 Å². The van der Waals surface area contributed by atoms with Gasteiger partial charge in [-0.3, -0.25) is 4.79 Å². The molecule has 1 amide bonds. The van der Waals surface area contributed by atoms with Crippen molar-refractivity contribution in [3.05, 3.63) is 47.5 Å². The molecule has 5 rings (SSSR count). The number of piperidine rings is 1. The lowest BCUT2D eigenvalue weighted by molar-refractivity contribution is -0.120. The van der Waals surface area contributed by atoms with Crippen LogP contribution in [0.1, 0.15) is 32.1 Å². The summed E-state index contributed by atoms with van der Waals surface area (Å²) in [6.45, 7) is 3.39. The number of halogens is 2. The fourth-order valence-corrected chi connectivity index (χ4v) is 5.16. The number of hydrogen-bond donors (Lipinski definition) is 2. The van der Waals surface area contributed by atoms with Gasteiger partial charge in [0.25, 0.3) is 0 Å². The number of methoxy groups -OCH3 is 1. The molecule has 2 aliphatic heterocycles. The van der Waals surface area contributed by atoms with Gasteiger partial charge in [-0.15, -0.1) is 0 Å². The molecule has 3 aromatic rings. The normalized spacial score (nSPS) is 17.4. The Hall–Kier alpha value is -3.17. The van der Waals surface area contributed by atoms with Gasteiger partial charge in [-0.05, 0) is 43.9 Å². The van der Waals surface area contributed by atoms with Crippen molar-refractivity contribution < 1.29 is 18.7 Å². The first-order chi connectivity index (χ1) is 17.5. The van der Waals surface area contributed by atoms with E-state index in [0.29, 0.717) is 41.2 Å². The number of nitrogens with zero attached hydrogens (tertiary/aromatic N) is 3. The van der Waals surface area contributed by atoms with Crippen molar-refractivity contribution >= 4 is 39.9 Å². The maximum atomic E-state index is 14.4. The summed E-state index contributed by atoms with van der Waals surface area (Å²) in [5, 5.41) is 6.90. The molecule has 2 saturated heterocycles. The van der Waals surface area contributed by atoms with Gasteiger partial charge in [0.05, 0.1) is 29.9 Å². The van der Waals surface area contributed by atoms with Gasteiger partial charge in [-0.1, -0.05) is 17.7 Å². The molecule has 0 radical (unpaired) electrons. The Balaban J connectivity index is 1.23. The fourth-order valence-electron chi connectivity index (χ4n) is 4.99. The van der Waals surface area contributed by atoms with E-state index in [0.717, 1.165) is 45.3 Å². The smallest absolute Gasteiger partial charge is 0.220 e. The average molecular weight is 514 g/mol. The molecule has 36 heavy (non-hydrogen) atoms. The minimum atomic E-state index is -0.546. The number of hydrogen-bond acceptors (Lipinski definition) is 7. The van der Waals surface area contributed by atoms with Crippen LogP contribution < -0.4 is 20.1 Å². The van der Waals surface area contributed by atoms with E-state index in [4.69, 9.17) is 21.1 Å². The highest BCUT2D eigenvalue weighted by Gasteiger charge is 2.39. The number of anilines is 2. The summed E-state index contributed by atoms with van der Waals surface area (Å²) in [6, 6.07) is 8.35. The molecule has 0 atom stereocenters. The van der Waals surface area contributed by atoms with Gasteiger partial charge < -0.3 is 25.0 Å². The van der Waals surface area contributed by atoms with Gasteiger partial charge >= 0.3 is 0 Å². The number of fused-ring (bicyclic) bond motifs is 1. The summed E-state index contributed by atoms with van der Waals surface area (Å²) in [5.74, 6) is 1.21. The Morgan fingerprint density at radius 1 is 1.19 bits per heavy atom. The molecule has 2 N–H and O–H groups in total. The second-order valence-corrected chi connectivity index (χ2v) is 9.75. The molecule has 3 heterocycles. The van der Waals surface area contributed by atoms with Crippen molar-refractivity contribution in [3.8, 4) is 11.5 Å². The Bertz CT molecular complexity index is 1270. The molecule has 2 aliphatic rings. The molecule has 8 nitrogen and oxygen atoms in total. The van der Waals surface area contributed by atoms with Crippen molar-refractivity contribution in [2.75, 3.05) is 38.7 Å². The molecule has 2 aromatic carbocycles. The maximum absolute atomic E-state index is 14.4. The minimum Gasteiger partial charge on any atom is -0.493 e. The number of benzene rings is 2. The highest BCUT2D eigenvalue weighted by Crippen LogP contribution is 2.36. The van der Waals surface area contributed by atoms with Gasteiger partial charge in [0.1, 0.15) is 12.1 Å². The summed E-state index contributed by atoms with van der Waals surface area (Å²) < 4.78 is 26.1. The van der Waals surface area contributed by atoms with Crippen molar-refractivity contribution in [2.45, 2.75) is 37.6 Å². The maximum Gasteiger partial charge on any atom is 0.220 e. The molecule has 0 saturated carbocycles. The second-order valence-electron chi connectivity index (χ2n) is 9.34. The zero-order valence-corrected chi connectivity index (χ0v) is 20.9. The third-order valence-electron chi connectivity index (χ3n) is 7.05. The average Bonchev–Trinajstić information content (AvgIpc) is 3.25. The van der Waals surface area contributed by atoms with Crippen LogP contribution in [0.3, 0.4) is 0 Å². The topological polar surface area (TPSA) is 88.6 Å². The quantitative estimate of drug-likeness (QED) is 0.422. The lowest BCUT2D eigenvalue weighted by Crippen LogP contribution is -2.51. The lowest BCUT2D eigenvalue weighted by atomic mass is 9.86. The van der Waals surface area contributed by atoms with Crippen molar-refractivity contribution in [2.24, 2.45) is 0 Å². The minimum absolute atomic E-state index is 0.0182. The first kappa shape index (κ1) is 24.5. The lowest BCUT2D eigenvalue weighted by Gasteiger charge is -2.39. The number of aromatic nitrogens is 2. The van der Waals surface area contributed by atoms with E-state index in [1.54, 1.807) is 25.3 Å². The van der Waals surface area contributed by atoms with Crippen molar-refractivity contribution in [1.29, 1.82) is 0 Å². The molecule has 2 fully saturated rings. The van der Waals surface area contributed by atoms with Crippen LogP contribution in [-0.2, 0) is 4.79 Å². The van der Waals surface area contributed by atoms with Gasteiger partial charge in [0.2, 0.25) is 5.91 Å². The predicted octanol–water partition coefficient (Wildman–Crippen LogP) is 4.69. The molecule has 1 spiro atoms. The Morgan fingerprint density at radius 2 is 2.03 bits per heavy atom. The van der Waals surface area contributed by atoms with E-state index in [2.05, 4.69) is 25.5 Å². The van der Waals surface area contributed by atoms with Crippen LogP contribution in [0, 0.1) is 5.82 Å². The van der Waals surface area contributed by atoms with Gasteiger partial charge in [0.15, 0.2) is 17.3 Å². The first-order valence-electron chi connectivity index (χ1n) is 12.2. The highest BCUT2D eigenvalue weighted by molar-refractivity contribution is 6.31. The van der Waals surface area contributed by atoms with Crippen molar-refractivity contribution in [1.82, 2.24) is 20.2 Å². The monoisotopic (exact) mass is 513 g/mol. The summed E-state index contributed by atoms with van der Waals surface area (Å²) in [4.78, 5) is 22.7.